The summed E-state index contributed by atoms with van der Waals surface area (Å²) in [7, 11) is 0. The Morgan fingerprint density at radius 1 is 1.11 bits per heavy atom. The molecule has 0 spiro atoms. The van der Waals surface area contributed by atoms with Crippen molar-refractivity contribution in [1.29, 1.82) is 0 Å². The molecule has 0 unspecified atom stereocenters. The second-order valence-corrected chi connectivity index (χ2v) is 7.10. The number of hydrogen-bond donors (Lipinski definition) is 1. The van der Waals surface area contributed by atoms with Crippen LogP contribution in [-0.4, -0.2) is 23.8 Å². The van der Waals surface area contributed by atoms with E-state index in [1.807, 2.05) is 62.4 Å². The van der Waals surface area contributed by atoms with Gasteiger partial charge in [0, 0.05) is 29.0 Å². The second kappa shape index (κ2) is 7.60. The molecule has 6 heteroatoms. The standard InChI is InChI=1S/C22H21ClN2O3/c1-3-10-24-22(26)18-12-19(15-4-6-16(23)7-5-15)25(14(18)2)17-8-9-20-21(11-17)28-13-27-20/h4-9,11-12H,3,10,13H2,1-2H3,(H,24,26). The van der Waals surface area contributed by atoms with Crippen LogP contribution in [0.4, 0.5) is 0 Å². The van der Waals surface area contributed by atoms with Gasteiger partial charge in [-0.1, -0.05) is 30.7 Å². The van der Waals surface area contributed by atoms with Crippen molar-refractivity contribution in [2.45, 2.75) is 20.3 Å². The first kappa shape index (κ1) is 18.4. The highest BCUT2D eigenvalue weighted by Gasteiger charge is 2.21. The fourth-order valence-electron chi connectivity index (χ4n) is 3.36. The van der Waals surface area contributed by atoms with Crippen LogP contribution in [0.5, 0.6) is 11.5 Å². The van der Waals surface area contributed by atoms with Crippen molar-refractivity contribution in [2.75, 3.05) is 13.3 Å². The molecule has 1 aromatic heterocycles. The van der Waals surface area contributed by atoms with Gasteiger partial charge in [-0.25, -0.2) is 0 Å². The van der Waals surface area contributed by atoms with E-state index in [-0.39, 0.29) is 12.7 Å². The molecule has 3 aromatic rings. The Kier molecular flexibility index (Phi) is 5.01. The van der Waals surface area contributed by atoms with Gasteiger partial charge in [-0.3, -0.25) is 4.79 Å². The summed E-state index contributed by atoms with van der Waals surface area (Å²) in [6, 6.07) is 15.3. The number of nitrogens with zero attached hydrogens (tertiary/aromatic N) is 1. The maximum Gasteiger partial charge on any atom is 0.253 e. The fourth-order valence-corrected chi connectivity index (χ4v) is 3.49. The first-order valence-corrected chi connectivity index (χ1v) is 9.62. The van der Waals surface area contributed by atoms with E-state index >= 15 is 0 Å². The summed E-state index contributed by atoms with van der Waals surface area (Å²) in [5.74, 6) is 1.35. The van der Waals surface area contributed by atoms with Crippen LogP contribution in [0, 0.1) is 6.92 Å². The highest BCUT2D eigenvalue weighted by atomic mass is 35.5. The van der Waals surface area contributed by atoms with Gasteiger partial charge in [0.15, 0.2) is 11.5 Å². The van der Waals surface area contributed by atoms with E-state index in [0.717, 1.165) is 34.8 Å². The van der Waals surface area contributed by atoms with Crippen LogP contribution in [-0.2, 0) is 0 Å². The molecule has 0 fully saturated rings. The van der Waals surface area contributed by atoms with Gasteiger partial charge in [-0.2, -0.15) is 0 Å². The fraction of sp³-hybridized carbons (Fsp3) is 0.227. The van der Waals surface area contributed by atoms with E-state index in [0.29, 0.717) is 22.9 Å². The summed E-state index contributed by atoms with van der Waals surface area (Å²) in [6.07, 6.45) is 0.887. The zero-order chi connectivity index (χ0) is 19.7. The maximum atomic E-state index is 12.7. The van der Waals surface area contributed by atoms with Gasteiger partial charge in [-0.05, 0) is 49.2 Å². The van der Waals surface area contributed by atoms with Crippen LogP contribution < -0.4 is 14.8 Å². The van der Waals surface area contributed by atoms with E-state index < -0.39 is 0 Å². The molecule has 1 amide bonds. The number of benzene rings is 2. The summed E-state index contributed by atoms with van der Waals surface area (Å²) in [5, 5.41) is 3.63. The van der Waals surface area contributed by atoms with Crippen molar-refractivity contribution in [2.24, 2.45) is 0 Å². The number of rotatable bonds is 5. The highest BCUT2D eigenvalue weighted by Crippen LogP contribution is 2.37. The number of hydrogen-bond acceptors (Lipinski definition) is 3. The van der Waals surface area contributed by atoms with Gasteiger partial charge >= 0.3 is 0 Å². The Bertz CT molecular complexity index is 1030. The molecule has 5 nitrogen and oxygen atoms in total. The van der Waals surface area contributed by atoms with Crippen LogP contribution in [0.15, 0.2) is 48.5 Å². The van der Waals surface area contributed by atoms with Gasteiger partial charge in [-0.15, -0.1) is 0 Å². The molecule has 2 aromatic carbocycles. The van der Waals surface area contributed by atoms with Gasteiger partial charge in [0.2, 0.25) is 6.79 Å². The number of aromatic nitrogens is 1. The topological polar surface area (TPSA) is 52.5 Å². The normalized spacial score (nSPS) is 12.2. The second-order valence-electron chi connectivity index (χ2n) is 6.66. The zero-order valence-corrected chi connectivity index (χ0v) is 16.5. The lowest BCUT2D eigenvalue weighted by atomic mass is 10.1. The van der Waals surface area contributed by atoms with E-state index in [9.17, 15) is 4.79 Å². The number of ether oxygens (including phenoxy) is 2. The largest absolute Gasteiger partial charge is 0.454 e. The summed E-state index contributed by atoms with van der Waals surface area (Å²) in [4.78, 5) is 12.7. The van der Waals surface area contributed by atoms with E-state index in [4.69, 9.17) is 21.1 Å². The van der Waals surface area contributed by atoms with Gasteiger partial charge < -0.3 is 19.4 Å². The molecule has 2 heterocycles. The quantitative estimate of drug-likeness (QED) is 0.662. The Hall–Kier alpha value is -2.92. The molecule has 0 aliphatic carbocycles. The maximum absolute atomic E-state index is 12.7. The minimum Gasteiger partial charge on any atom is -0.454 e. The summed E-state index contributed by atoms with van der Waals surface area (Å²) in [6.45, 7) is 4.84. The Labute approximate surface area is 168 Å². The molecule has 0 saturated heterocycles. The summed E-state index contributed by atoms with van der Waals surface area (Å²) >= 11 is 6.06. The van der Waals surface area contributed by atoms with Crippen LogP contribution in [0.25, 0.3) is 16.9 Å². The monoisotopic (exact) mass is 396 g/mol. The van der Waals surface area contributed by atoms with E-state index in [1.54, 1.807) is 0 Å². The number of amides is 1. The van der Waals surface area contributed by atoms with Crippen molar-refractivity contribution < 1.29 is 14.3 Å². The van der Waals surface area contributed by atoms with Crippen LogP contribution in [0.2, 0.25) is 5.02 Å². The SMILES string of the molecule is CCCNC(=O)c1cc(-c2ccc(Cl)cc2)n(-c2ccc3c(c2)OCO3)c1C. The minimum absolute atomic E-state index is 0.0749. The average Bonchev–Trinajstić information content (AvgIpc) is 3.30. The van der Waals surface area contributed by atoms with Crippen molar-refractivity contribution in [3.63, 3.8) is 0 Å². The molecule has 144 valence electrons. The third-order valence-corrected chi connectivity index (χ3v) is 5.03. The minimum atomic E-state index is -0.0749. The summed E-state index contributed by atoms with van der Waals surface area (Å²) in [5.41, 5.74) is 4.30. The highest BCUT2D eigenvalue weighted by molar-refractivity contribution is 6.30. The molecule has 0 radical (unpaired) electrons. The molecule has 0 saturated carbocycles. The van der Waals surface area contributed by atoms with Crippen LogP contribution >= 0.6 is 11.6 Å². The van der Waals surface area contributed by atoms with Crippen LogP contribution in [0.3, 0.4) is 0 Å². The smallest absolute Gasteiger partial charge is 0.253 e. The zero-order valence-electron chi connectivity index (χ0n) is 15.8. The summed E-state index contributed by atoms with van der Waals surface area (Å²) < 4.78 is 13.0. The number of halogens is 1. The van der Waals surface area contributed by atoms with Crippen molar-refractivity contribution in [1.82, 2.24) is 9.88 Å². The molecular formula is C22H21ClN2O3. The number of nitrogens with one attached hydrogen (secondary N) is 1. The lowest BCUT2D eigenvalue weighted by molar-refractivity contribution is 0.0953. The Morgan fingerprint density at radius 3 is 2.61 bits per heavy atom. The van der Waals surface area contributed by atoms with Crippen molar-refractivity contribution >= 4 is 17.5 Å². The third kappa shape index (κ3) is 3.34. The third-order valence-electron chi connectivity index (χ3n) is 4.78. The number of carbonyl (C=O) groups is 1. The molecular weight excluding hydrogens is 376 g/mol. The van der Waals surface area contributed by atoms with Gasteiger partial charge in [0.25, 0.3) is 5.91 Å². The Morgan fingerprint density at radius 2 is 1.86 bits per heavy atom. The predicted octanol–water partition coefficient (Wildman–Crippen LogP) is 4.97. The Balaban J connectivity index is 1.86. The van der Waals surface area contributed by atoms with E-state index in [1.165, 1.54) is 0 Å². The molecule has 28 heavy (non-hydrogen) atoms. The average molecular weight is 397 g/mol. The molecule has 0 atom stereocenters. The van der Waals surface area contributed by atoms with Crippen LogP contribution in [0.1, 0.15) is 29.4 Å². The van der Waals surface area contributed by atoms with Crippen molar-refractivity contribution in [3.8, 4) is 28.4 Å². The predicted molar refractivity (Wildman–Crippen MR) is 110 cm³/mol. The van der Waals surface area contributed by atoms with Gasteiger partial charge in [0.05, 0.1) is 11.3 Å². The molecule has 1 aliphatic rings. The first-order valence-electron chi connectivity index (χ1n) is 9.25. The molecule has 0 bridgehead atoms. The lowest BCUT2D eigenvalue weighted by Gasteiger charge is -2.13. The molecule has 4 rings (SSSR count). The number of fused-ring (bicyclic) bond motifs is 1. The van der Waals surface area contributed by atoms with Gasteiger partial charge in [0.1, 0.15) is 0 Å². The first-order chi connectivity index (χ1) is 13.6. The van der Waals surface area contributed by atoms with E-state index in [2.05, 4.69) is 9.88 Å². The lowest BCUT2D eigenvalue weighted by Crippen LogP contribution is -2.24. The number of carbonyl (C=O) groups excluding carboxylic acids is 1. The van der Waals surface area contributed by atoms with Crippen molar-refractivity contribution in [3.05, 3.63) is 64.8 Å². The molecule has 1 N–H and O–H groups in total. The molecule has 1 aliphatic heterocycles.